The van der Waals surface area contributed by atoms with Crippen LogP contribution in [0.1, 0.15) is 77.1 Å². The van der Waals surface area contributed by atoms with Crippen molar-refractivity contribution >= 4 is 23.9 Å². The molecule has 1 atom stereocenters. The Morgan fingerprint density at radius 3 is 2.07 bits per heavy atom. The lowest BCUT2D eigenvalue weighted by Crippen LogP contribution is -2.22. The first kappa shape index (κ1) is 21.8. The molecule has 1 fully saturated rings. The number of carbonyl (C=O) groups excluding carboxylic acids is 4. The summed E-state index contributed by atoms with van der Waals surface area (Å²) in [5.74, 6) is -2.68. The molecule has 162 valence electrons. The molecule has 3 aliphatic rings. The predicted octanol–water partition coefficient (Wildman–Crippen LogP) is 2.93. The summed E-state index contributed by atoms with van der Waals surface area (Å²) in [4.78, 5) is 49.7. The number of esters is 4. The van der Waals surface area contributed by atoms with E-state index in [0.717, 1.165) is 0 Å². The SMILES string of the molecule is O=C1CCCC(c2cc3ccc2C(=O)OCCCCOC3=O)C(=O)OCCCCO1. The van der Waals surface area contributed by atoms with Gasteiger partial charge in [0.2, 0.25) is 0 Å². The normalized spacial score (nSPS) is 22.2. The molecule has 8 nitrogen and oxygen atoms in total. The molecule has 0 saturated carbocycles. The minimum atomic E-state index is -0.810. The number of hydrogen-bond donors (Lipinski definition) is 0. The highest BCUT2D eigenvalue weighted by atomic mass is 16.5. The van der Waals surface area contributed by atoms with Crippen molar-refractivity contribution < 1.29 is 38.1 Å². The van der Waals surface area contributed by atoms with Crippen LogP contribution in [-0.4, -0.2) is 50.3 Å². The lowest BCUT2D eigenvalue weighted by Gasteiger charge is -2.21. The lowest BCUT2D eigenvalue weighted by atomic mass is 9.88. The summed E-state index contributed by atoms with van der Waals surface area (Å²) in [7, 11) is 0. The lowest BCUT2D eigenvalue weighted by molar-refractivity contribution is -0.148. The molecule has 3 aliphatic heterocycles. The van der Waals surface area contributed by atoms with E-state index in [-0.39, 0.29) is 49.8 Å². The molecular weight excluding hydrogens is 392 g/mol. The quantitative estimate of drug-likeness (QED) is 0.506. The van der Waals surface area contributed by atoms with Gasteiger partial charge >= 0.3 is 23.9 Å². The average molecular weight is 418 g/mol. The summed E-state index contributed by atoms with van der Waals surface area (Å²) in [6.07, 6.45) is 3.13. The second-order valence-corrected chi connectivity index (χ2v) is 7.32. The predicted molar refractivity (Wildman–Crippen MR) is 104 cm³/mol. The molecule has 0 N–H and O–H groups in total. The number of hydrogen-bond acceptors (Lipinski definition) is 8. The van der Waals surface area contributed by atoms with Crippen molar-refractivity contribution in [2.24, 2.45) is 0 Å². The van der Waals surface area contributed by atoms with Crippen molar-refractivity contribution in [3.8, 4) is 0 Å². The Hall–Kier alpha value is -2.90. The fraction of sp³-hybridized carbons (Fsp3) is 0.545. The number of carbonyl (C=O) groups is 4. The largest absolute Gasteiger partial charge is 0.466 e. The van der Waals surface area contributed by atoms with Crippen LogP contribution in [0.4, 0.5) is 0 Å². The van der Waals surface area contributed by atoms with E-state index in [1.807, 2.05) is 0 Å². The standard InChI is InChI=1S/C22H26O8/c23-19-7-5-6-16(21(25)29-12-2-1-10-27-19)18-14-15-8-9-17(18)22(26)30-13-4-3-11-28-20(15)24/h8-9,14,16H,1-7,10-13H2. The molecule has 4 rings (SSSR count). The molecule has 0 amide bonds. The van der Waals surface area contributed by atoms with E-state index < -0.39 is 23.8 Å². The third-order valence-corrected chi connectivity index (χ3v) is 5.09. The molecular formula is C22H26O8. The summed E-state index contributed by atoms with van der Waals surface area (Å²) in [5, 5.41) is 0. The fourth-order valence-corrected chi connectivity index (χ4v) is 3.45. The zero-order valence-corrected chi connectivity index (χ0v) is 16.9. The molecule has 0 spiro atoms. The third-order valence-electron chi connectivity index (χ3n) is 5.09. The molecule has 1 saturated heterocycles. The summed E-state index contributed by atoms with van der Waals surface area (Å²) in [6, 6.07) is 4.46. The summed E-state index contributed by atoms with van der Waals surface area (Å²) in [6.45, 7) is 0.911. The van der Waals surface area contributed by atoms with Gasteiger partial charge in [-0.2, -0.15) is 0 Å². The number of cyclic esters (lactones) is 2. The molecule has 30 heavy (non-hydrogen) atoms. The van der Waals surface area contributed by atoms with Crippen molar-refractivity contribution in [2.75, 3.05) is 26.4 Å². The minimum absolute atomic E-state index is 0.158. The van der Waals surface area contributed by atoms with Crippen molar-refractivity contribution in [1.82, 2.24) is 0 Å². The number of fused-ring (bicyclic) bond motifs is 9. The average Bonchev–Trinajstić information content (AvgIpc) is 2.73. The van der Waals surface area contributed by atoms with E-state index in [2.05, 4.69) is 0 Å². The van der Waals surface area contributed by atoms with Crippen LogP contribution >= 0.6 is 0 Å². The van der Waals surface area contributed by atoms with Crippen LogP contribution in [-0.2, 0) is 28.5 Å². The van der Waals surface area contributed by atoms with Gasteiger partial charge in [-0.25, -0.2) is 9.59 Å². The van der Waals surface area contributed by atoms with Gasteiger partial charge in [0.1, 0.15) is 0 Å². The van der Waals surface area contributed by atoms with Crippen LogP contribution in [0.3, 0.4) is 0 Å². The molecule has 3 heterocycles. The van der Waals surface area contributed by atoms with E-state index >= 15 is 0 Å². The minimum Gasteiger partial charge on any atom is -0.466 e. The zero-order chi connectivity index (χ0) is 21.3. The second kappa shape index (κ2) is 10.8. The van der Waals surface area contributed by atoms with Gasteiger partial charge < -0.3 is 18.9 Å². The van der Waals surface area contributed by atoms with E-state index in [0.29, 0.717) is 44.3 Å². The molecule has 8 heteroatoms. The van der Waals surface area contributed by atoms with Gasteiger partial charge in [0.05, 0.1) is 43.5 Å². The highest BCUT2D eigenvalue weighted by Gasteiger charge is 2.29. The summed E-state index contributed by atoms with van der Waals surface area (Å²) in [5.41, 5.74) is 0.814. The monoisotopic (exact) mass is 418 g/mol. The van der Waals surface area contributed by atoms with E-state index in [4.69, 9.17) is 18.9 Å². The van der Waals surface area contributed by atoms with Gasteiger partial charge in [-0.05, 0) is 62.3 Å². The summed E-state index contributed by atoms with van der Waals surface area (Å²) >= 11 is 0. The third kappa shape index (κ3) is 5.81. The maximum absolute atomic E-state index is 12.9. The molecule has 1 aromatic rings. The maximum Gasteiger partial charge on any atom is 0.338 e. The van der Waals surface area contributed by atoms with Gasteiger partial charge in [0.25, 0.3) is 0 Å². The highest BCUT2D eigenvalue weighted by molar-refractivity contribution is 5.97. The first-order valence-corrected chi connectivity index (χ1v) is 10.4. The zero-order valence-electron chi connectivity index (χ0n) is 16.9. The van der Waals surface area contributed by atoms with E-state index in [1.54, 1.807) is 0 Å². The van der Waals surface area contributed by atoms with Crippen LogP contribution in [0, 0.1) is 0 Å². The van der Waals surface area contributed by atoms with Gasteiger partial charge in [0, 0.05) is 6.42 Å². The van der Waals surface area contributed by atoms with Crippen molar-refractivity contribution in [2.45, 2.75) is 50.9 Å². The Morgan fingerprint density at radius 1 is 0.700 bits per heavy atom. The van der Waals surface area contributed by atoms with Gasteiger partial charge in [-0.3, -0.25) is 9.59 Å². The fourth-order valence-electron chi connectivity index (χ4n) is 3.45. The maximum atomic E-state index is 12.9. The first-order valence-electron chi connectivity index (χ1n) is 10.4. The second-order valence-electron chi connectivity index (χ2n) is 7.32. The Bertz CT molecular complexity index is 800. The van der Waals surface area contributed by atoms with Crippen molar-refractivity contribution in [1.29, 1.82) is 0 Å². The summed E-state index contributed by atoms with van der Waals surface area (Å²) < 4.78 is 21.2. The molecule has 0 aliphatic carbocycles. The van der Waals surface area contributed by atoms with Crippen LogP contribution in [0.25, 0.3) is 0 Å². The van der Waals surface area contributed by atoms with Crippen LogP contribution in [0.2, 0.25) is 0 Å². The van der Waals surface area contributed by atoms with E-state index in [1.165, 1.54) is 18.2 Å². The molecule has 1 unspecified atom stereocenters. The molecule has 2 bridgehead atoms. The Morgan fingerprint density at radius 2 is 1.33 bits per heavy atom. The Balaban J connectivity index is 1.95. The van der Waals surface area contributed by atoms with E-state index in [9.17, 15) is 19.2 Å². The number of rotatable bonds is 1. The van der Waals surface area contributed by atoms with Crippen molar-refractivity contribution in [3.63, 3.8) is 0 Å². The van der Waals surface area contributed by atoms with Gasteiger partial charge in [-0.15, -0.1) is 0 Å². The smallest absolute Gasteiger partial charge is 0.338 e. The Kier molecular flexibility index (Phi) is 7.82. The van der Waals surface area contributed by atoms with Gasteiger partial charge in [0.15, 0.2) is 0 Å². The molecule has 0 aromatic heterocycles. The van der Waals surface area contributed by atoms with Crippen LogP contribution < -0.4 is 0 Å². The number of ether oxygens (including phenoxy) is 4. The van der Waals surface area contributed by atoms with Gasteiger partial charge in [-0.1, -0.05) is 0 Å². The Labute approximate surface area is 174 Å². The van der Waals surface area contributed by atoms with Crippen LogP contribution in [0.5, 0.6) is 0 Å². The van der Waals surface area contributed by atoms with Crippen LogP contribution in [0.15, 0.2) is 18.2 Å². The highest BCUT2D eigenvalue weighted by Crippen LogP contribution is 2.30. The molecule has 1 aromatic carbocycles. The van der Waals surface area contributed by atoms with Crippen molar-refractivity contribution in [3.05, 3.63) is 34.9 Å². The molecule has 0 radical (unpaired) electrons. The first-order chi connectivity index (χ1) is 14.6. The number of benzene rings is 1. The topological polar surface area (TPSA) is 105 Å².